The van der Waals surface area contributed by atoms with Gasteiger partial charge in [-0.1, -0.05) is 121 Å². The van der Waals surface area contributed by atoms with E-state index < -0.39 is 163 Å². The van der Waals surface area contributed by atoms with Gasteiger partial charge in [-0.05, 0) is 118 Å². The van der Waals surface area contributed by atoms with Gasteiger partial charge in [0, 0.05) is 67.9 Å². The fourth-order valence-electron chi connectivity index (χ4n) is 17.2. The van der Waals surface area contributed by atoms with Gasteiger partial charge >= 0.3 is 194 Å². The molecule has 4 aromatic carbocycles. The Morgan fingerprint density at radius 3 is 1.30 bits per heavy atom. The summed E-state index contributed by atoms with van der Waals surface area (Å²) in [4.78, 5) is 203. The number of aliphatic hydroxyl groups is 1. The maximum Gasteiger partial charge on any atom is 0.246 e. The van der Waals surface area contributed by atoms with Crippen molar-refractivity contribution in [3.63, 3.8) is 0 Å². The summed E-state index contributed by atoms with van der Waals surface area (Å²) in [5.74, 6) is -11.0. The smallest absolute Gasteiger partial charge is 0.246 e. The van der Waals surface area contributed by atoms with Crippen molar-refractivity contribution < 1.29 is 67.4 Å². The SMILES string of the molecule is C/C=C/C[C@@H](C)[C@@H](O)[C@H]1C(=O)N[C@@H](CC)C(=O)N(C)C(Cc2ccc(C(=O)NCCCCCCNC(=O)CCCCC[PH](c3ccccc3)(c3ccccc3)c3ccccc3)cc2)C(=O)N(C)[C@@H](CC(C)C)C(=O)N[C@@H](C(C)C)C(=O)N(C)[C@@H](CC(C)C)C(=O)N[C@@H](C)C(=O)N[C@H](C)C(=O)N(C)[C@@H](CC(C)C)C(=O)N(C)[C@@H](CC(C)C)C(=O)N(C)[C@@H](C(C)C)C(=O)N1C. The van der Waals surface area contributed by atoms with Gasteiger partial charge in [0.1, 0.15) is 66.5 Å². The summed E-state index contributed by atoms with van der Waals surface area (Å²) in [6.07, 6.45) is 9.71. The van der Waals surface area contributed by atoms with Crippen molar-refractivity contribution in [3.8, 4) is 0 Å². The first-order valence-corrected chi connectivity index (χ1v) is 48.8. The quantitative estimate of drug-likeness (QED) is 0.0130. The maximum absolute atomic E-state index is 15.9. The standard InChI is InChI=1S/C100H156N13O14P/c1-25-27-44-70(15)88(115)87-93(120)105-78(26-2)95(122)110(21)83(63-73-52-54-74(55-53-73)90(117)102-57-42-29-28-41-56-101-84(114)51-40-33-43-58-128(75-45-34-30-35-46-75,76-47-36-31-37-48-76)77-49-38-32-39-50-77)97(124)107(18)80(60-65(5)6)92(119)106-85(68(11)12)99(126)108(19)79(59-64(3)4)91(118)103-71(16)89(116)104-72(17)94(121)109(20)81(61-66(7)8)96(123)111(22)82(62-67(9)10)98(125)112(23)86(69(13)14)100(127)113(87)24/h25,27,30-32,34-39,45-50,52-55,64-72,78-83,85-88,115,128H,26,28-29,33,40-44,51,56-63H2,1-24H3,(H,101,114)(H,102,117)(H,103,118)(H,104,116)(H,105,120)(H,106,119)/b27-25+/t70-,71+,72-,78+,79+,80+,81+,82+,83?,85+,86+,87+,88-/m1/s1. The molecule has 0 aliphatic carbocycles. The van der Waals surface area contributed by atoms with Crippen molar-refractivity contribution in [3.05, 3.63) is 139 Å². The fraction of sp³-hybridized carbons (Fsp3) is 0.610. The topological polar surface area (TPSA) is 337 Å². The fourth-order valence-corrected chi connectivity index (χ4v) is 22.2. The number of nitrogens with zero attached hydrogens (tertiary/aromatic N) is 7. The molecular formula is C100H156N13O14P. The summed E-state index contributed by atoms with van der Waals surface area (Å²) in [5, 5.41) is 34.0. The van der Waals surface area contributed by atoms with E-state index in [1.807, 2.05) is 55.4 Å². The Kier molecular flexibility index (Phi) is 44.7. The molecule has 28 heteroatoms. The van der Waals surface area contributed by atoms with Crippen molar-refractivity contribution in [2.75, 3.05) is 68.6 Å². The number of aliphatic hydroxyl groups excluding tert-OH is 1. The number of nitrogens with one attached hydrogen (secondary N) is 6. The molecule has 0 aromatic heterocycles. The van der Waals surface area contributed by atoms with Crippen LogP contribution in [-0.2, 0) is 64.0 Å². The van der Waals surface area contributed by atoms with Crippen LogP contribution >= 0.6 is 7.26 Å². The van der Waals surface area contributed by atoms with Crippen LogP contribution in [0.15, 0.2) is 127 Å². The minimum absolute atomic E-state index is 0.0369. The van der Waals surface area contributed by atoms with E-state index in [1.54, 1.807) is 84.9 Å². The molecule has 710 valence electrons. The Bertz CT molecular complexity index is 4190. The Hall–Kier alpha value is -9.88. The second kappa shape index (κ2) is 52.7. The molecule has 0 spiro atoms. The Morgan fingerprint density at radius 1 is 0.422 bits per heavy atom. The first-order chi connectivity index (χ1) is 60.4. The van der Waals surface area contributed by atoms with Crippen LogP contribution in [0.2, 0.25) is 0 Å². The van der Waals surface area contributed by atoms with Gasteiger partial charge in [-0.3, -0.25) is 57.5 Å². The van der Waals surface area contributed by atoms with Gasteiger partial charge in [0.05, 0.1) is 6.10 Å². The molecule has 128 heavy (non-hydrogen) atoms. The molecule has 0 saturated carbocycles. The molecule has 13 amide bonds. The van der Waals surface area contributed by atoms with Crippen LogP contribution in [-0.4, -0.2) is 257 Å². The molecule has 1 saturated heterocycles. The van der Waals surface area contributed by atoms with Gasteiger partial charge in [0.2, 0.25) is 65.0 Å². The first kappa shape index (κ1) is 109. The Labute approximate surface area is 764 Å². The van der Waals surface area contributed by atoms with Gasteiger partial charge in [0.25, 0.3) is 5.91 Å². The number of benzene rings is 4. The third-order valence-electron chi connectivity index (χ3n) is 25.0. The summed E-state index contributed by atoms with van der Waals surface area (Å²) in [5.41, 5.74) is 0.822. The molecule has 7 N–H and O–H groups in total. The molecule has 1 fully saturated rings. The normalized spacial score (nSPS) is 22.5. The van der Waals surface area contributed by atoms with Crippen LogP contribution in [0.5, 0.6) is 0 Å². The zero-order chi connectivity index (χ0) is 95.7. The van der Waals surface area contributed by atoms with Crippen molar-refractivity contribution >= 4 is 100.0 Å². The first-order valence-electron chi connectivity index (χ1n) is 46.6. The third kappa shape index (κ3) is 30.6. The van der Waals surface area contributed by atoms with Gasteiger partial charge in [-0.15, -0.1) is 0 Å². The summed E-state index contributed by atoms with van der Waals surface area (Å²) >= 11 is 0. The van der Waals surface area contributed by atoms with E-state index >= 15 is 38.4 Å². The van der Waals surface area contributed by atoms with Crippen LogP contribution < -0.4 is 47.8 Å². The predicted octanol–water partition coefficient (Wildman–Crippen LogP) is 9.57. The molecule has 1 heterocycles. The summed E-state index contributed by atoms with van der Waals surface area (Å²) in [7, 11) is 7.59. The van der Waals surface area contributed by atoms with Crippen molar-refractivity contribution in [1.82, 2.24) is 66.2 Å². The zero-order valence-corrected chi connectivity index (χ0v) is 82.2. The van der Waals surface area contributed by atoms with Crippen molar-refractivity contribution in [2.45, 2.75) is 287 Å². The molecule has 13 atom stereocenters. The molecular weight excluding hydrogens is 1640 g/mol. The van der Waals surface area contributed by atoms with Gasteiger partial charge < -0.3 is 66.0 Å². The van der Waals surface area contributed by atoms with E-state index in [1.165, 1.54) is 108 Å². The number of carbonyl (C=O) groups excluding carboxylic acids is 13. The summed E-state index contributed by atoms with van der Waals surface area (Å²) in [6, 6.07) is 24.6. The number of likely N-dealkylation sites (N-methyl/N-ethyl adjacent to an activating group) is 7. The monoisotopic (exact) mass is 1790 g/mol. The van der Waals surface area contributed by atoms with E-state index in [-0.39, 0.29) is 80.4 Å². The largest absolute Gasteiger partial charge is 0.343 e. The number of unbranched alkanes of at least 4 members (excludes halogenated alkanes) is 5. The minimum Gasteiger partial charge on any atom is -0.343 e. The van der Waals surface area contributed by atoms with Crippen LogP contribution in [0.4, 0.5) is 0 Å². The minimum atomic E-state index is -2.36. The van der Waals surface area contributed by atoms with E-state index in [4.69, 9.17) is 0 Å². The van der Waals surface area contributed by atoms with Crippen molar-refractivity contribution in [2.24, 2.45) is 41.4 Å². The second-order valence-corrected chi connectivity index (χ2v) is 41.8. The molecule has 27 nitrogen and oxygen atoms in total. The number of carbonyl (C=O) groups is 13. The number of allylic oxidation sites excluding steroid dienone is 2. The molecule has 1 aliphatic heterocycles. The van der Waals surface area contributed by atoms with Gasteiger partial charge in [-0.25, -0.2) is 0 Å². The summed E-state index contributed by atoms with van der Waals surface area (Å²) < 4.78 is 0. The number of hydrogen-bond donors (Lipinski definition) is 7. The molecule has 0 bridgehead atoms. The Balaban J connectivity index is 1.48. The molecule has 5 rings (SSSR count). The number of amides is 13. The second-order valence-electron chi connectivity index (χ2n) is 37.8. The van der Waals surface area contributed by atoms with E-state index in [9.17, 15) is 29.1 Å². The average Bonchev–Trinajstić information content (AvgIpc) is 0.765. The van der Waals surface area contributed by atoms with Crippen LogP contribution in [0.1, 0.15) is 224 Å². The molecule has 0 radical (unpaired) electrons. The van der Waals surface area contributed by atoms with Gasteiger partial charge in [0.15, 0.2) is 0 Å². The van der Waals surface area contributed by atoms with Crippen LogP contribution in [0.3, 0.4) is 0 Å². The van der Waals surface area contributed by atoms with Crippen LogP contribution in [0.25, 0.3) is 0 Å². The maximum atomic E-state index is 15.9. The number of hydrogen-bond acceptors (Lipinski definition) is 14. The van der Waals surface area contributed by atoms with Gasteiger partial charge in [-0.2, -0.15) is 0 Å². The van der Waals surface area contributed by atoms with Crippen LogP contribution in [0, 0.1) is 41.4 Å². The molecule has 4 aromatic rings. The molecule has 1 aliphatic rings. The Morgan fingerprint density at radius 2 is 0.836 bits per heavy atom. The predicted molar refractivity (Wildman–Crippen MR) is 511 cm³/mol. The van der Waals surface area contributed by atoms with Crippen molar-refractivity contribution in [1.29, 1.82) is 0 Å². The summed E-state index contributed by atoms with van der Waals surface area (Å²) in [6.45, 7) is 30.8. The molecule has 1 unspecified atom stereocenters. The zero-order valence-electron chi connectivity index (χ0n) is 81.2. The number of rotatable bonds is 34. The van der Waals surface area contributed by atoms with E-state index in [2.05, 4.69) is 123 Å². The van der Waals surface area contributed by atoms with E-state index in [0.29, 0.717) is 37.1 Å². The van der Waals surface area contributed by atoms with E-state index in [0.717, 1.165) is 49.6 Å². The average molecular weight is 1800 g/mol. The third-order valence-corrected chi connectivity index (χ3v) is 30.1.